The van der Waals surface area contributed by atoms with E-state index in [4.69, 9.17) is 29.0 Å². The largest absolute Gasteiger partial charge is 0.463 e. The number of alkyl halides is 1. The van der Waals surface area contributed by atoms with E-state index < -0.39 is 71.5 Å². The van der Waals surface area contributed by atoms with Gasteiger partial charge in [0.25, 0.3) is 0 Å². The molecule has 16 heteroatoms. The summed E-state index contributed by atoms with van der Waals surface area (Å²) in [5.74, 6) is -0.444. The number of nitrogen functional groups attached to an aromatic ring is 1. The second kappa shape index (κ2) is 13.6. The first-order chi connectivity index (χ1) is 19.8. The summed E-state index contributed by atoms with van der Waals surface area (Å²) in [5, 5.41) is 11.0. The molecular formula is C26H36FIN5O8P. The summed E-state index contributed by atoms with van der Waals surface area (Å²) in [5.41, 5.74) is 4.52. The number of hydrogen-bond donors (Lipinski definition) is 2. The van der Waals surface area contributed by atoms with Gasteiger partial charge in [0.05, 0.1) is 31.4 Å². The molecule has 232 valence electrons. The number of hydrogen-bond acceptors (Lipinski definition) is 13. The number of esters is 1. The number of para-hydroxylation sites is 1. The third-order valence-electron chi connectivity index (χ3n) is 6.58. The van der Waals surface area contributed by atoms with Crippen LogP contribution in [0, 0.1) is 5.92 Å². The zero-order valence-corrected chi connectivity index (χ0v) is 27.0. The van der Waals surface area contributed by atoms with Crippen molar-refractivity contribution >= 4 is 52.3 Å². The van der Waals surface area contributed by atoms with E-state index in [1.165, 1.54) is 14.0 Å². The van der Waals surface area contributed by atoms with Crippen LogP contribution in [0.15, 0.2) is 33.5 Å². The average molecular weight is 723 g/mol. The Morgan fingerprint density at radius 1 is 1.29 bits per heavy atom. The summed E-state index contributed by atoms with van der Waals surface area (Å²) >= 11 is -1.19. The Morgan fingerprint density at radius 3 is 2.67 bits per heavy atom. The van der Waals surface area contributed by atoms with Crippen LogP contribution < -0.4 is 13.4 Å². The summed E-state index contributed by atoms with van der Waals surface area (Å²) in [6.07, 6.45) is -4.39. The normalized spacial score (nSPS) is 25.5. The number of aliphatic hydroxyl groups is 1. The molecule has 0 radical (unpaired) electrons. The Labute approximate surface area is 254 Å². The minimum Gasteiger partial charge on any atom is -0.463 e. The zero-order chi connectivity index (χ0) is 30.7. The first-order valence-electron chi connectivity index (χ1n) is 13.4. The van der Waals surface area contributed by atoms with Crippen LogP contribution in [0.25, 0.3) is 0 Å². The maximum absolute atomic E-state index is 16.1. The average Bonchev–Trinajstić information content (AvgIpc) is 3.44. The fraction of sp³-hybridized carbons (Fsp3) is 0.577. The Bertz CT molecular complexity index is 1340. The number of nitrogens with two attached hydrogens (primary N) is 1. The van der Waals surface area contributed by atoms with E-state index in [9.17, 15) is 14.5 Å². The van der Waals surface area contributed by atoms with Gasteiger partial charge >= 0.3 is 13.6 Å². The predicted octanol–water partition coefficient (Wildman–Crippen LogP) is 4.81. The number of ether oxygens (including phenoxy) is 3. The van der Waals surface area contributed by atoms with E-state index in [0.717, 1.165) is 0 Å². The molecule has 0 saturated carbocycles. The molecule has 0 spiro atoms. The van der Waals surface area contributed by atoms with Gasteiger partial charge in [-0.05, 0) is 39.3 Å². The molecule has 1 saturated heterocycles. The predicted molar refractivity (Wildman–Crippen MR) is 160 cm³/mol. The summed E-state index contributed by atoms with van der Waals surface area (Å²) in [4.78, 5) is 20.7. The van der Waals surface area contributed by atoms with Crippen molar-refractivity contribution in [1.82, 2.24) is 9.97 Å². The number of nitrogens with zero attached hydrogens (tertiary/aromatic N) is 4. The van der Waals surface area contributed by atoms with Crippen molar-refractivity contribution in [2.24, 2.45) is 9.06 Å². The van der Waals surface area contributed by atoms with Crippen LogP contribution >= 0.6 is 28.9 Å². The van der Waals surface area contributed by atoms with E-state index in [2.05, 4.69) is 13.1 Å². The molecule has 0 amide bonds. The smallest absolute Gasteiger partial charge is 0.379 e. The lowest BCUT2D eigenvalue weighted by molar-refractivity contribution is -0.151. The van der Waals surface area contributed by atoms with Crippen LogP contribution in [0.3, 0.4) is 0 Å². The minimum atomic E-state index is -3.91. The lowest BCUT2D eigenvalue weighted by Crippen LogP contribution is -2.47. The lowest BCUT2D eigenvalue weighted by Gasteiger charge is -2.29. The van der Waals surface area contributed by atoms with Crippen molar-refractivity contribution in [1.29, 1.82) is 0 Å². The molecule has 2 aliphatic heterocycles. The van der Waals surface area contributed by atoms with Crippen molar-refractivity contribution in [2.45, 2.75) is 70.9 Å². The third-order valence-corrected chi connectivity index (χ3v) is 10.5. The molecule has 2 aliphatic rings. The van der Waals surface area contributed by atoms with Crippen molar-refractivity contribution in [3.8, 4) is 5.75 Å². The van der Waals surface area contributed by atoms with Crippen molar-refractivity contribution in [3.05, 3.63) is 36.0 Å². The Balaban J connectivity index is 1.50. The standard InChI is InChI=1S/C26H36FIN5O8P/c1-15(2)39-23(35)16(3)11-12-42(36,41-17-9-7-6-8-10-17)38-14-19-21(34)26(4,27)24(40-19)33-22-20(32-28-33)18(13-37-5)30-25(29)31-22/h6-10,15-16,19,21,24,34H,11-14H2,1-5H3,(H2,29,30,31)/t16-,19-,21-,24-,26-,42?/m1/s1. The maximum atomic E-state index is 16.1. The van der Waals surface area contributed by atoms with Crippen LogP contribution in [0.4, 0.5) is 21.8 Å². The molecule has 3 heterocycles. The molecule has 1 aromatic heterocycles. The second-order valence-electron chi connectivity index (χ2n) is 10.4. The third kappa shape index (κ3) is 7.42. The molecule has 1 fully saturated rings. The fourth-order valence-corrected chi connectivity index (χ4v) is 8.50. The number of carbonyl (C=O) groups is 1. The van der Waals surface area contributed by atoms with Gasteiger partial charge in [0.15, 0.2) is 17.7 Å². The van der Waals surface area contributed by atoms with Crippen LogP contribution in [0.1, 0.15) is 39.8 Å². The highest BCUT2D eigenvalue weighted by Crippen LogP contribution is 2.52. The summed E-state index contributed by atoms with van der Waals surface area (Å²) in [7, 11) is -2.40. The summed E-state index contributed by atoms with van der Waals surface area (Å²) in [6.45, 7) is 6.06. The SMILES string of the molecule is COCc1nc(N)nc2c1N=IN2[C@@H]1O[C@H](COP(=O)(CC[C@@H](C)C(=O)OC(C)C)Oc2ccccc2)[C@@H](O)[C@@]1(C)F. The fourth-order valence-electron chi connectivity index (χ4n) is 4.32. The number of benzene rings is 1. The molecule has 6 atom stereocenters. The molecule has 2 aromatic rings. The molecule has 3 N–H and O–H groups in total. The van der Waals surface area contributed by atoms with E-state index in [1.54, 1.807) is 54.2 Å². The quantitative estimate of drug-likeness (QED) is 0.126. The Morgan fingerprint density at radius 2 is 2.00 bits per heavy atom. The van der Waals surface area contributed by atoms with Gasteiger partial charge in [0.1, 0.15) is 50.6 Å². The number of methoxy groups -OCH3 is 1. The van der Waals surface area contributed by atoms with Crippen molar-refractivity contribution < 1.29 is 42.1 Å². The number of halogens is 2. The van der Waals surface area contributed by atoms with Gasteiger partial charge in [-0.25, -0.2) is 13.9 Å². The van der Waals surface area contributed by atoms with E-state index in [0.29, 0.717) is 22.9 Å². The molecule has 0 bridgehead atoms. The number of carbonyl (C=O) groups excluding carboxylic acids is 1. The minimum absolute atomic E-state index is 0.0311. The number of rotatable bonds is 13. The molecule has 42 heavy (non-hydrogen) atoms. The topological polar surface area (TPSA) is 168 Å². The molecular weight excluding hydrogens is 687 g/mol. The molecule has 4 rings (SSSR count). The van der Waals surface area contributed by atoms with Crippen molar-refractivity contribution in [3.63, 3.8) is 0 Å². The van der Waals surface area contributed by atoms with Crippen LogP contribution in [-0.4, -0.2) is 71.1 Å². The van der Waals surface area contributed by atoms with Crippen LogP contribution in [0.2, 0.25) is 0 Å². The van der Waals surface area contributed by atoms with Gasteiger partial charge in [-0.3, -0.25) is 12.4 Å². The van der Waals surface area contributed by atoms with E-state index >= 15 is 4.39 Å². The molecule has 1 aromatic carbocycles. The van der Waals surface area contributed by atoms with Gasteiger partial charge in [-0.1, -0.05) is 25.1 Å². The number of aromatic nitrogens is 2. The zero-order valence-electron chi connectivity index (χ0n) is 24.0. The van der Waals surface area contributed by atoms with Gasteiger partial charge in [-0.2, -0.15) is 8.13 Å². The van der Waals surface area contributed by atoms with Gasteiger partial charge in [0, 0.05) is 7.11 Å². The first kappa shape index (κ1) is 32.6. The Hall–Kier alpha value is -2.30. The highest BCUT2D eigenvalue weighted by atomic mass is 127. The molecule has 1 unspecified atom stereocenters. The summed E-state index contributed by atoms with van der Waals surface area (Å²) < 4.78 is 64.0. The number of aliphatic hydroxyl groups excluding tert-OH is 1. The van der Waals surface area contributed by atoms with Gasteiger partial charge in [0.2, 0.25) is 5.95 Å². The monoisotopic (exact) mass is 723 g/mol. The van der Waals surface area contributed by atoms with Gasteiger partial charge < -0.3 is 29.6 Å². The highest BCUT2D eigenvalue weighted by Gasteiger charge is 2.58. The van der Waals surface area contributed by atoms with E-state index in [1.807, 2.05) is 0 Å². The maximum Gasteiger partial charge on any atom is 0.379 e. The first-order valence-corrected chi connectivity index (χ1v) is 17.0. The van der Waals surface area contributed by atoms with Crippen LogP contribution in [-0.2, 0) is 34.7 Å². The second-order valence-corrected chi connectivity index (χ2v) is 14.5. The Kier molecular flexibility index (Phi) is 10.5. The van der Waals surface area contributed by atoms with Crippen molar-refractivity contribution in [2.75, 3.05) is 28.7 Å². The summed E-state index contributed by atoms with van der Waals surface area (Å²) in [6, 6.07) is 8.43. The van der Waals surface area contributed by atoms with E-state index in [-0.39, 0.29) is 31.2 Å². The molecule has 13 nitrogen and oxygen atoms in total. The highest BCUT2D eigenvalue weighted by molar-refractivity contribution is 14.2. The molecule has 0 aliphatic carbocycles. The number of anilines is 2. The number of fused-ring (bicyclic) bond motifs is 1. The van der Waals surface area contributed by atoms with Crippen LogP contribution in [0.5, 0.6) is 5.75 Å². The van der Waals surface area contributed by atoms with Gasteiger partial charge in [-0.15, -0.1) is 0 Å². The lowest BCUT2D eigenvalue weighted by atomic mass is 9.99.